The summed E-state index contributed by atoms with van der Waals surface area (Å²) in [6.45, 7) is 2.35. The molecule has 3 aromatic rings. The fraction of sp³-hybridized carbons (Fsp3) is 0.333. The van der Waals surface area contributed by atoms with Crippen LogP contribution >= 0.6 is 11.3 Å². The number of aliphatic hydroxyl groups excluding tert-OH is 1. The van der Waals surface area contributed by atoms with E-state index in [1.54, 1.807) is 11.3 Å². The molecule has 1 aliphatic heterocycles. The maximum atomic E-state index is 10.1. The lowest BCUT2D eigenvalue weighted by Gasteiger charge is -2.24. The number of nitrogens with zero attached hydrogens (tertiary/aromatic N) is 3. The Balaban J connectivity index is 1.33. The first-order valence-electron chi connectivity index (χ1n) is 9.32. The molecule has 0 saturated carbocycles. The summed E-state index contributed by atoms with van der Waals surface area (Å²) < 4.78 is 0. The van der Waals surface area contributed by atoms with E-state index in [9.17, 15) is 5.11 Å². The Morgan fingerprint density at radius 1 is 1.00 bits per heavy atom. The van der Waals surface area contributed by atoms with Gasteiger partial charge in [0.1, 0.15) is 5.01 Å². The smallest absolute Gasteiger partial charge is 0.205 e. The van der Waals surface area contributed by atoms with Crippen molar-refractivity contribution in [1.82, 2.24) is 15.1 Å². The molecular formula is C21H24N4OS. The van der Waals surface area contributed by atoms with Crippen molar-refractivity contribution in [2.75, 3.05) is 18.4 Å². The second kappa shape index (κ2) is 8.61. The van der Waals surface area contributed by atoms with Crippen LogP contribution in [0.4, 0.5) is 5.13 Å². The Morgan fingerprint density at radius 2 is 1.70 bits per heavy atom. The van der Waals surface area contributed by atoms with Crippen LogP contribution in [0.1, 0.15) is 22.6 Å². The Hall–Kier alpha value is -2.28. The highest BCUT2D eigenvalue weighted by atomic mass is 32.1. The molecule has 0 bridgehead atoms. The standard InChI is InChI=1S/C21H24N4OS/c26-19-12-18(25(15-19)14-17-9-5-2-6-10-17)13-22-21-24-23-20(27-21)11-16-7-3-1-4-8-16/h1-10,18-19,26H,11-15H2,(H,22,24). The van der Waals surface area contributed by atoms with E-state index in [1.807, 2.05) is 24.3 Å². The van der Waals surface area contributed by atoms with E-state index in [0.29, 0.717) is 6.04 Å². The molecule has 2 unspecified atom stereocenters. The zero-order chi connectivity index (χ0) is 18.5. The molecule has 1 aromatic heterocycles. The fourth-order valence-electron chi connectivity index (χ4n) is 3.55. The molecule has 1 fully saturated rings. The second-order valence-corrected chi connectivity index (χ2v) is 8.06. The summed E-state index contributed by atoms with van der Waals surface area (Å²) in [6.07, 6.45) is 1.33. The molecule has 0 amide bonds. The Kier molecular flexibility index (Phi) is 5.77. The van der Waals surface area contributed by atoms with Crippen molar-refractivity contribution >= 4 is 16.5 Å². The summed E-state index contributed by atoms with van der Waals surface area (Å²) in [5.41, 5.74) is 2.52. The number of rotatable bonds is 7. The molecule has 140 valence electrons. The van der Waals surface area contributed by atoms with Crippen molar-refractivity contribution in [2.24, 2.45) is 0 Å². The summed E-state index contributed by atoms with van der Waals surface area (Å²) in [7, 11) is 0. The largest absolute Gasteiger partial charge is 0.392 e. The van der Waals surface area contributed by atoms with E-state index in [4.69, 9.17) is 0 Å². The number of hydrogen-bond acceptors (Lipinski definition) is 6. The molecule has 2 heterocycles. The lowest BCUT2D eigenvalue weighted by molar-refractivity contribution is 0.173. The van der Waals surface area contributed by atoms with Gasteiger partial charge in [0.25, 0.3) is 0 Å². The van der Waals surface area contributed by atoms with E-state index in [0.717, 1.165) is 42.6 Å². The van der Waals surface area contributed by atoms with Gasteiger partial charge in [-0.3, -0.25) is 4.90 Å². The Labute approximate surface area is 163 Å². The number of anilines is 1. The van der Waals surface area contributed by atoms with E-state index < -0.39 is 0 Å². The monoisotopic (exact) mass is 380 g/mol. The van der Waals surface area contributed by atoms with E-state index >= 15 is 0 Å². The first kappa shape index (κ1) is 18.1. The highest BCUT2D eigenvalue weighted by molar-refractivity contribution is 7.15. The molecule has 6 heteroatoms. The lowest BCUT2D eigenvalue weighted by atomic mass is 10.1. The van der Waals surface area contributed by atoms with Gasteiger partial charge in [0, 0.05) is 32.1 Å². The number of β-amino-alcohol motifs (C(OH)–C–C–N with tert-alkyl or cyclic N) is 1. The average Bonchev–Trinajstić information content (AvgIpc) is 3.27. The second-order valence-electron chi connectivity index (χ2n) is 7.00. The summed E-state index contributed by atoms with van der Waals surface area (Å²) in [4.78, 5) is 2.35. The zero-order valence-electron chi connectivity index (χ0n) is 15.2. The fourth-order valence-corrected chi connectivity index (χ4v) is 4.33. The van der Waals surface area contributed by atoms with E-state index in [1.165, 1.54) is 11.1 Å². The van der Waals surface area contributed by atoms with Crippen LogP contribution in [0.2, 0.25) is 0 Å². The molecule has 2 aromatic carbocycles. The van der Waals surface area contributed by atoms with Crippen LogP contribution in [0.5, 0.6) is 0 Å². The van der Waals surface area contributed by atoms with Gasteiger partial charge in [0.05, 0.1) is 6.10 Å². The first-order valence-corrected chi connectivity index (χ1v) is 10.1. The van der Waals surface area contributed by atoms with Gasteiger partial charge >= 0.3 is 0 Å². The molecule has 27 heavy (non-hydrogen) atoms. The third-order valence-electron chi connectivity index (χ3n) is 4.89. The number of likely N-dealkylation sites (tertiary alicyclic amines) is 1. The molecule has 0 radical (unpaired) electrons. The summed E-state index contributed by atoms with van der Waals surface area (Å²) in [5, 5.41) is 24.0. The number of benzene rings is 2. The van der Waals surface area contributed by atoms with Gasteiger partial charge in [-0.05, 0) is 17.5 Å². The molecule has 1 aliphatic rings. The van der Waals surface area contributed by atoms with Crippen LogP contribution < -0.4 is 5.32 Å². The SMILES string of the molecule is OC1CC(CNc2nnc(Cc3ccccc3)s2)N(Cc2ccccc2)C1. The normalized spacial score (nSPS) is 20.0. The summed E-state index contributed by atoms with van der Waals surface area (Å²) in [6, 6.07) is 21.0. The maximum Gasteiger partial charge on any atom is 0.205 e. The van der Waals surface area contributed by atoms with E-state index in [-0.39, 0.29) is 6.10 Å². The minimum absolute atomic E-state index is 0.261. The van der Waals surface area contributed by atoms with E-state index in [2.05, 4.69) is 56.8 Å². The van der Waals surface area contributed by atoms with Gasteiger partial charge in [-0.1, -0.05) is 72.0 Å². The molecule has 5 nitrogen and oxygen atoms in total. The number of hydrogen-bond donors (Lipinski definition) is 2. The van der Waals surface area contributed by atoms with Crippen molar-refractivity contribution in [3.63, 3.8) is 0 Å². The summed E-state index contributed by atoms with van der Waals surface area (Å²) >= 11 is 1.60. The average molecular weight is 381 g/mol. The lowest BCUT2D eigenvalue weighted by Crippen LogP contribution is -2.34. The quantitative estimate of drug-likeness (QED) is 0.659. The predicted octanol–water partition coefficient (Wildman–Crippen LogP) is 3.18. The van der Waals surface area contributed by atoms with Crippen LogP contribution in [0, 0.1) is 0 Å². The van der Waals surface area contributed by atoms with Crippen molar-refractivity contribution in [3.8, 4) is 0 Å². The predicted molar refractivity (Wildman–Crippen MR) is 109 cm³/mol. The minimum Gasteiger partial charge on any atom is -0.392 e. The van der Waals surface area contributed by atoms with Crippen LogP contribution in [-0.4, -0.2) is 45.4 Å². The highest BCUT2D eigenvalue weighted by Gasteiger charge is 2.30. The van der Waals surface area contributed by atoms with Gasteiger partial charge in [0.2, 0.25) is 5.13 Å². The molecule has 4 rings (SSSR count). The Bertz CT molecular complexity index is 840. The number of nitrogens with one attached hydrogen (secondary N) is 1. The van der Waals surface area contributed by atoms with Crippen LogP contribution in [0.25, 0.3) is 0 Å². The van der Waals surface area contributed by atoms with Crippen molar-refractivity contribution in [1.29, 1.82) is 0 Å². The van der Waals surface area contributed by atoms with Gasteiger partial charge < -0.3 is 10.4 Å². The molecular weight excluding hydrogens is 356 g/mol. The number of aliphatic hydroxyl groups is 1. The highest BCUT2D eigenvalue weighted by Crippen LogP contribution is 2.23. The maximum absolute atomic E-state index is 10.1. The third kappa shape index (κ3) is 4.91. The molecule has 2 atom stereocenters. The van der Waals surface area contributed by atoms with Gasteiger partial charge in [-0.15, -0.1) is 10.2 Å². The van der Waals surface area contributed by atoms with Crippen molar-refractivity contribution < 1.29 is 5.11 Å². The van der Waals surface area contributed by atoms with Crippen molar-refractivity contribution in [2.45, 2.75) is 31.5 Å². The zero-order valence-corrected chi connectivity index (χ0v) is 16.0. The van der Waals surface area contributed by atoms with Crippen LogP contribution in [-0.2, 0) is 13.0 Å². The third-order valence-corrected chi connectivity index (χ3v) is 5.77. The first-order chi connectivity index (χ1) is 13.3. The topological polar surface area (TPSA) is 61.3 Å². The Morgan fingerprint density at radius 3 is 2.44 bits per heavy atom. The van der Waals surface area contributed by atoms with Gasteiger partial charge in [0.15, 0.2) is 0 Å². The van der Waals surface area contributed by atoms with Gasteiger partial charge in [-0.2, -0.15) is 0 Å². The van der Waals surface area contributed by atoms with Crippen LogP contribution in [0.15, 0.2) is 60.7 Å². The van der Waals surface area contributed by atoms with Crippen molar-refractivity contribution in [3.05, 3.63) is 76.8 Å². The summed E-state index contributed by atoms with van der Waals surface area (Å²) in [5.74, 6) is 0. The molecule has 0 aliphatic carbocycles. The molecule has 2 N–H and O–H groups in total. The number of aromatic nitrogens is 2. The van der Waals surface area contributed by atoms with Gasteiger partial charge in [-0.25, -0.2) is 0 Å². The molecule has 1 saturated heterocycles. The van der Waals surface area contributed by atoms with Crippen LogP contribution in [0.3, 0.4) is 0 Å². The minimum atomic E-state index is -0.261. The molecule has 0 spiro atoms.